The lowest BCUT2D eigenvalue weighted by Gasteiger charge is -2.05. The molecule has 0 unspecified atom stereocenters. The Bertz CT molecular complexity index is 964. The highest BCUT2D eigenvalue weighted by Gasteiger charge is 2.15. The lowest BCUT2D eigenvalue weighted by molar-refractivity contribution is -0.387. The zero-order chi connectivity index (χ0) is 19.2. The van der Waals surface area contributed by atoms with E-state index in [0.717, 1.165) is 21.6 Å². The molecule has 0 spiro atoms. The standard InChI is InChI=1S/C22H19NO3S/c1-16-5-12-20(13-6-16)27-22-14-9-18(15-21(22)23(25)26)4-2-3-17-7-10-19(24)11-8-17/h2,4-15,24H,3H2,1H3. The van der Waals surface area contributed by atoms with Crippen LogP contribution < -0.4 is 0 Å². The highest BCUT2D eigenvalue weighted by molar-refractivity contribution is 7.99. The third-order valence-corrected chi connectivity index (χ3v) is 5.10. The molecule has 27 heavy (non-hydrogen) atoms. The summed E-state index contributed by atoms with van der Waals surface area (Å²) in [4.78, 5) is 12.7. The normalized spacial score (nSPS) is 11.0. The maximum Gasteiger partial charge on any atom is 0.283 e. The first-order valence-electron chi connectivity index (χ1n) is 8.49. The van der Waals surface area contributed by atoms with Crippen molar-refractivity contribution in [2.24, 2.45) is 0 Å². The highest BCUT2D eigenvalue weighted by Crippen LogP contribution is 2.35. The van der Waals surface area contributed by atoms with E-state index in [1.165, 1.54) is 11.8 Å². The molecule has 0 bridgehead atoms. The van der Waals surface area contributed by atoms with Crippen molar-refractivity contribution in [2.45, 2.75) is 23.1 Å². The number of allylic oxidation sites excluding steroid dienone is 1. The van der Waals surface area contributed by atoms with Crippen LogP contribution in [0, 0.1) is 17.0 Å². The highest BCUT2D eigenvalue weighted by atomic mass is 32.2. The number of nitrogens with zero attached hydrogens (tertiary/aromatic N) is 1. The van der Waals surface area contributed by atoms with Gasteiger partial charge in [0.2, 0.25) is 0 Å². The summed E-state index contributed by atoms with van der Waals surface area (Å²) in [5.41, 5.74) is 3.11. The molecule has 0 heterocycles. The molecular formula is C22H19NO3S. The number of hydrogen-bond donors (Lipinski definition) is 1. The summed E-state index contributed by atoms with van der Waals surface area (Å²) in [5, 5.41) is 20.8. The molecule has 0 aliphatic rings. The largest absolute Gasteiger partial charge is 0.508 e. The van der Waals surface area contributed by atoms with Gasteiger partial charge >= 0.3 is 0 Å². The van der Waals surface area contributed by atoms with E-state index in [9.17, 15) is 15.2 Å². The van der Waals surface area contributed by atoms with Crippen molar-refractivity contribution in [3.8, 4) is 5.75 Å². The Morgan fingerprint density at radius 1 is 1.04 bits per heavy atom. The van der Waals surface area contributed by atoms with Crippen molar-refractivity contribution >= 4 is 23.5 Å². The Morgan fingerprint density at radius 2 is 1.74 bits per heavy atom. The minimum atomic E-state index is -0.339. The van der Waals surface area contributed by atoms with Crippen LogP contribution in [0.25, 0.3) is 6.08 Å². The van der Waals surface area contributed by atoms with Gasteiger partial charge in [0.15, 0.2) is 0 Å². The van der Waals surface area contributed by atoms with Gasteiger partial charge in [0.05, 0.1) is 9.82 Å². The Balaban J connectivity index is 1.76. The van der Waals surface area contributed by atoms with Crippen LogP contribution >= 0.6 is 11.8 Å². The van der Waals surface area contributed by atoms with Gasteiger partial charge in [-0.1, -0.05) is 59.8 Å². The van der Waals surface area contributed by atoms with Gasteiger partial charge < -0.3 is 5.11 Å². The first-order valence-corrected chi connectivity index (χ1v) is 9.30. The van der Waals surface area contributed by atoms with Crippen LogP contribution in [-0.4, -0.2) is 10.0 Å². The number of aromatic hydroxyl groups is 1. The van der Waals surface area contributed by atoms with Crippen molar-refractivity contribution in [1.29, 1.82) is 0 Å². The van der Waals surface area contributed by atoms with E-state index in [1.807, 2.05) is 61.5 Å². The van der Waals surface area contributed by atoms with E-state index in [4.69, 9.17) is 0 Å². The predicted octanol–water partition coefficient (Wildman–Crippen LogP) is 6.02. The van der Waals surface area contributed by atoms with Gasteiger partial charge in [-0.05, 0) is 54.8 Å². The molecule has 0 aliphatic carbocycles. The van der Waals surface area contributed by atoms with E-state index in [0.29, 0.717) is 11.3 Å². The third-order valence-electron chi connectivity index (χ3n) is 4.03. The van der Waals surface area contributed by atoms with Gasteiger partial charge in [0.25, 0.3) is 5.69 Å². The summed E-state index contributed by atoms with van der Waals surface area (Å²) in [5.74, 6) is 0.236. The number of benzene rings is 3. The van der Waals surface area contributed by atoms with Crippen molar-refractivity contribution in [1.82, 2.24) is 0 Å². The minimum absolute atomic E-state index is 0.104. The molecule has 0 fully saturated rings. The van der Waals surface area contributed by atoms with Crippen LogP contribution in [0.3, 0.4) is 0 Å². The summed E-state index contributed by atoms with van der Waals surface area (Å²) in [7, 11) is 0. The number of rotatable bonds is 6. The molecule has 0 aliphatic heterocycles. The summed E-state index contributed by atoms with van der Waals surface area (Å²) in [6, 6.07) is 20.2. The van der Waals surface area contributed by atoms with Crippen LogP contribution in [-0.2, 0) is 6.42 Å². The van der Waals surface area contributed by atoms with Crippen LogP contribution in [0.4, 0.5) is 5.69 Å². The summed E-state index contributed by atoms with van der Waals surface area (Å²) >= 11 is 1.39. The first kappa shape index (κ1) is 18.7. The zero-order valence-electron chi connectivity index (χ0n) is 14.8. The molecule has 0 aromatic heterocycles. The second-order valence-corrected chi connectivity index (χ2v) is 7.29. The van der Waals surface area contributed by atoms with Crippen molar-refractivity contribution in [2.75, 3.05) is 0 Å². The molecule has 5 heteroatoms. The van der Waals surface area contributed by atoms with Gasteiger partial charge in [-0.25, -0.2) is 0 Å². The molecule has 0 atom stereocenters. The Hall–Kier alpha value is -3.05. The van der Waals surface area contributed by atoms with Gasteiger partial charge in [0, 0.05) is 11.0 Å². The second kappa shape index (κ2) is 8.56. The van der Waals surface area contributed by atoms with Crippen LogP contribution in [0.1, 0.15) is 16.7 Å². The molecule has 0 amide bonds. The predicted molar refractivity (Wildman–Crippen MR) is 109 cm³/mol. The maximum absolute atomic E-state index is 11.5. The molecule has 0 radical (unpaired) electrons. The molecule has 0 saturated carbocycles. The Morgan fingerprint density at radius 3 is 2.41 bits per heavy atom. The number of phenolic OH excluding ortho intramolecular Hbond substituents is 1. The smallest absolute Gasteiger partial charge is 0.283 e. The average molecular weight is 377 g/mol. The molecular weight excluding hydrogens is 358 g/mol. The lowest BCUT2D eigenvalue weighted by atomic mass is 10.1. The van der Waals surface area contributed by atoms with Gasteiger partial charge in [-0.15, -0.1) is 0 Å². The molecule has 136 valence electrons. The van der Waals surface area contributed by atoms with Crippen molar-refractivity contribution in [3.63, 3.8) is 0 Å². The van der Waals surface area contributed by atoms with Crippen LogP contribution in [0.5, 0.6) is 5.75 Å². The Labute approximate surface area is 162 Å². The quantitative estimate of drug-likeness (QED) is 0.422. The number of hydrogen-bond acceptors (Lipinski definition) is 4. The van der Waals surface area contributed by atoms with Crippen molar-refractivity contribution < 1.29 is 10.0 Å². The van der Waals surface area contributed by atoms with E-state index < -0.39 is 0 Å². The summed E-state index contributed by atoms with van der Waals surface area (Å²) < 4.78 is 0. The minimum Gasteiger partial charge on any atom is -0.508 e. The number of aryl methyl sites for hydroxylation is 1. The molecule has 0 saturated heterocycles. The van der Waals surface area contributed by atoms with E-state index in [1.54, 1.807) is 24.3 Å². The average Bonchev–Trinajstić information content (AvgIpc) is 2.66. The van der Waals surface area contributed by atoms with Gasteiger partial charge in [-0.3, -0.25) is 10.1 Å². The lowest BCUT2D eigenvalue weighted by Crippen LogP contribution is -1.92. The first-order chi connectivity index (χ1) is 13.0. The fourth-order valence-electron chi connectivity index (χ4n) is 2.56. The fourth-order valence-corrected chi connectivity index (χ4v) is 3.46. The third kappa shape index (κ3) is 5.21. The fraction of sp³-hybridized carbons (Fsp3) is 0.0909. The SMILES string of the molecule is Cc1ccc(Sc2ccc(C=CCc3ccc(O)cc3)cc2[N+](=O)[O-])cc1. The van der Waals surface area contributed by atoms with Crippen LogP contribution in [0.2, 0.25) is 0 Å². The van der Waals surface area contributed by atoms with Crippen LogP contribution in [0.15, 0.2) is 82.6 Å². The Kier molecular flexibility index (Phi) is 5.94. The molecule has 1 N–H and O–H groups in total. The maximum atomic E-state index is 11.5. The van der Waals surface area contributed by atoms with E-state index in [-0.39, 0.29) is 16.4 Å². The number of phenols is 1. The van der Waals surface area contributed by atoms with E-state index >= 15 is 0 Å². The molecule has 4 nitrogen and oxygen atoms in total. The number of nitro groups is 1. The summed E-state index contributed by atoms with van der Waals surface area (Å²) in [6.07, 6.45) is 4.52. The van der Waals surface area contributed by atoms with E-state index in [2.05, 4.69) is 0 Å². The molecule has 3 aromatic carbocycles. The molecule has 3 aromatic rings. The zero-order valence-corrected chi connectivity index (χ0v) is 15.6. The monoisotopic (exact) mass is 377 g/mol. The topological polar surface area (TPSA) is 63.4 Å². The van der Waals surface area contributed by atoms with Gasteiger partial charge in [-0.2, -0.15) is 0 Å². The van der Waals surface area contributed by atoms with Crippen molar-refractivity contribution in [3.05, 3.63) is 99.6 Å². The summed E-state index contributed by atoms with van der Waals surface area (Å²) in [6.45, 7) is 2.01. The number of nitro benzene ring substituents is 1. The molecule has 3 rings (SSSR count). The van der Waals surface area contributed by atoms with Gasteiger partial charge in [0.1, 0.15) is 5.75 Å². The second-order valence-electron chi connectivity index (χ2n) is 6.17.